The molecule has 0 bridgehead atoms. The topological polar surface area (TPSA) is 110 Å². The van der Waals surface area contributed by atoms with Crippen LogP contribution in [0, 0.1) is 16.7 Å². The average molecular weight is 739 g/mol. The standard InChI is InChI=1S/C44H74N4O5/c1-32(42(10,11)48-38(50)46-29-36-24-20-17-21-25-36)30-51-44(14,15)40(6,7)31-52-43(12,13)39(4,5)27-34(3)53-41(8,9)26-33(2)47-37(49)45-28-35-22-18-16-19-23-35/h16-25,32-34H,26-31H2,1-15H3,(H2,45,47,49)(H2,46,48,50). The fourth-order valence-electron chi connectivity index (χ4n) is 6.15. The van der Waals surface area contributed by atoms with Crippen LogP contribution < -0.4 is 21.3 Å². The number of carbonyl (C=O) groups is 2. The first kappa shape index (κ1) is 46.0. The highest BCUT2D eigenvalue weighted by molar-refractivity contribution is 5.75. The lowest BCUT2D eigenvalue weighted by Gasteiger charge is -2.48. The van der Waals surface area contributed by atoms with Crippen LogP contribution >= 0.6 is 0 Å². The summed E-state index contributed by atoms with van der Waals surface area (Å²) in [6, 6.07) is 19.3. The summed E-state index contributed by atoms with van der Waals surface area (Å²) >= 11 is 0. The zero-order valence-electron chi connectivity index (χ0n) is 35.8. The molecule has 9 heteroatoms. The second kappa shape index (κ2) is 18.9. The maximum Gasteiger partial charge on any atom is 0.315 e. The quantitative estimate of drug-likeness (QED) is 0.102. The minimum Gasteiger partial charge on any atom is -0.375 e. The van der Waals surface area contributed by atoms with Gasteiger partial charge in [-0.2, -0.15) is 0 Å². The number of hydrogen-bond acceptors (Lipinski definition) is 5. The van der Waals surface area contributed by atoms with E-state index < -0.39 is 22.3 Å². The SMILES string of the molecule is CC(CC(C)(C)OC(C)CC(C)(C)C(C)(C)OCC(C)(C)C(C)(C)OCC(C)C(C)(C)NC(=O)NCc1ccccc1)NC(=O)NCc1ccccc1. The number of ether oxygens (including phenoxy) is 3. The Morgan fingerprint density at radius 1 is 0.623 bits per heavy atom. The van der Waals surface area contributed by atoms with Crippen LogP contribution in [0.2, 0.25) is 0 Å². The van der Waals surface area contributed by atoms with Crippen molar-refractivity contribution >= 4 is 12.1 Å². The molecule has 0 spiro atoms. The smallest absolute Gasteiger partial charge is 0.315 e. The molecule has 2 aromatic rings. The van der Waals surface area contributed by atoms with Crippen LogP contribution in [-0.4, -0.2) is 59.8 Å². The molecule has 0 aliphatic carbocycles. The van der Waals surface area contributed by atoms with E-state index in [1.807, 2.05) is 81.4 Å². The number of hydrogen-bond donors (Lipinski definition) is 4. The van der Waals surface area contributed by atoms with Crippen LogP contribution in [0.5, 0.6) is 0 Å². The van der Waals surface area contributed by atoms with Gasteiger partial charge in [-0.3, -0.25) is 0 Å². The van der Waals surface area contributed by atoms with Crippen LogP contribution in [0.15, 0.2) is 60.7 Å². The second-order valence-corrected chi connectivity index (χ2v) is 18.6. The normalized spacial score (nSPS) is 14.9. The van der Waals surface area contributed by atoms with E-state index in [9.17, 15) is 9.59 Å². The van der Waals surface area contributed by atoms with Crippen LogP contribution in [0.3, 0.4) is 0 Å². The van der Waals surface area contributed by atoms with E-state index in [4.69, 9.17) is 14.2 Å². The highest BCUT2D eigenvalue weighted by atomic mass is 16.5. The third-order valence-electron chi connectivity index (χ3n) is 11.5. The van der Waals surface area contributed by atoms with Gasteiger partial charge in [-0.25, -0.2) is 9.59 Å². The molecule has 9 nitrogen and oxygen atoms in total. The summed E-state index contributed by atoms with van der Waals surface area (Å²) in [4.78, 5) is 25.2. The maximum absolute atomic E-state index is 12.7. The number of carbonyl (C=O) groups excluding carboxylic acids is 2. The molecule has 2 rings (SSSR count). The monoisotopic (exact) mass is 739 g/mol. The van der Waals surface area contributed by atoms with Crippen LogP contribution in [0.4, 0.5) is 9.59 Å². The molecule has 0 saturated heterocycles. The molecule has 2 aromatic carbocycles. The van der Waals surface area contributed by atoms with Crippen molar-refractivity contribution in [3.05, 3.63) is 71.8 Å². The Morgan fingerprint density at radius 3 is 1.60 bits per heavy atom. The predicted octanol–water partition coefficient (Wildman–Crippen LogP) is 9.40. The first-order chi connectivity index (χ1) is 24.3. The summed E-state index contributed by atoms with van der Waals surface area (Å²) in [6.07, 6.45) is 1.43. The number of nitrogens with one attached hydrogen (secondary N) is 4. The van der Waals surface area contributed by atoms with Gasteiger partial charge in [-0.15, -0.1) is 0 Å². The predicted molar refractivity (Wildman–Crippen MR) is 218 cm³/mol. The van der Waals surface area contributed by atoms with Crippen molar-refractivity contribution < 1.29 is 23.8 Å². The zero-order valence-corrected chi connectivity index (χ0v) is 35.8. The maximum atomic E-state index is 12.7. The van der Waals surface area contributed by atoms with Crippen molar-refractivity contribution in [2.24, 2.45) is 16.7 Å². The molecule has 0 heterocycles. The largest absolute Gasteiger partial charge is 0.375 e. The Balaban J connectivity index is 1.86. The van der Waals surface area contributed by atoms with Gasteiger partial charge in [0.25, 0.3) is 0 Å². The number of benzene rings is 2. The van der Waals surface area contributed by atoms with Crippen molar-refractivity contribution in [2.45, 2.75) is 164 Å². The van der Waals surface area contributed by atoms with Crippen molar-refractivity contribution in [1.82, 2.24) is 21.3 Å². The van der Waals surface area contributed by atoms with Gasteiger partial charge in [0, 0.05) is 36.0 Å². The lowest BCUT2D eigenvalue weighted by atomic mass is 9.72. The van der Waals surface area contributed by atoms with Gasteiger partial charge >= 0.3 is 12.1 Å². The highest BCUT2D eigenvalue weighted by Crippen LogP contribution is 2.42. The fraction of sp³-hybridized carbons (Fsp3) is 0.682. The van der Waals surface area contributed by atoms with Crippen molar-refractivity contribution in [1.29, 1.82) is 0 Å². The third kappa shape index (κ3) is 15.3. The average Bonchev–Trinajstić information content (AvgIpc) is 3.04. The summed E-state index contributed by atoms with van der Waals surface area (Å²) in [5, 5.41) is 12.1. The Morgan fingerprint density at radius 2 is 1.09 bits per heavy atom. The van der Waals surface area contributed by atoms with Crippen molar-refractivity contribution in [3.8, 4) is 0 Å². The van der Waals surface area contributed by atoms with Crippen LogP contribution in [-0.2, 0) is 27.3 Å². The Hall–Kier alpha value is -3.14. The van der Waals surface area contributed by atoms with Gasteiger partial charge in [0.15, 0.2) is 0 Å². The molecule has 0 aliphatic heterocycles. The molecule has 4 N–H and O–H groups in total. The number of urea groups is 2. The van der Waals surface area contributed by atoms with E-state index >= 15 is 0 Å². The second-order valence-electron chi connectivity index (χ2n) is 18.6. The first-order valence-corrected chi connectivity index (χ1v) is 19.4. The molecule has 300 valence electrons. The fourth-order valence-corrected chi connectivity index (χ4v) is 6.15. The molecule has 0 saturated carbocycles. The molecule has 53 heavy (non-hydrogen) atoms. The van der Waals surface area contributed by atoms with E-state index in [0.29, 0.717) is 32.7 Å². The Kier molecular flexibility index (Phi) is 16.4. The van der Waals surface area contributed by atoms with Crippen molar-refractivity contribution in [2.75, 3.05) is 13.2 Å². The molecule has 0 radical (unpaired) electrons. The van der Waals surface area contributed by atoms with Crippen LogP contribution in [0.1, 0.15) is 128 Å². The highest BCUT2D eigenvalue weighted by Gasteiger charge is 2.45. The van der Waals surface area contributed by atoms with Gasteiger partial charge in [0.2, 0.25) is 0 Å². The first-order valence-electron chi connectivity index (χ1n) is 19.4. The van der Waals surface area contributed by atoms with Crippen LogP contribution in [0.25, 0.3) is 0 Å². The minimum absolute atomic E-state index is 0.0337. The number of amides is 4. The zero-order chi connectivity index (χ0) is 40.3. The van der Waals surface area contributed by atoms with E-state index in [2.05, 4.69) is 104 Å². The summed E-state index contributed by atoms with van der Waals surface area (Å²) in [5.74, 6) is 0.0534. The Bertz CT molecular complexity index is 1410. The third-order valence-corrected chi connectivity index (χ3v) is 11.5. The molecule has 0 aliphatic rings. The van der Waals surface area contributed by atoms with E-state index in [0.717, 1.165) is 17.5 Å². The minimum atomic E-state index is -0.503. The molecular weight excluding hydrogens is 665 g/mol. The summed E-state index contributed by atoms with van der Waals surface area (Å²) in [5.41, 5.74) is -0.300. The van der Waals surface area contributed by atoms with Crippen molar-refractivity contribution in [3.63, 3.8) is 0 Å². The van der Waals surface area contributed by atoms with E-state index in [-0.39, 0.29) is 41.0 Å². The Labute approximate surface area is 322 Å². The van der Waals surface area contributed by atoms with Gasteiger partial charge in [0.05, 0.1) is 36.1 Å². The van der Waals surface area contributed by atoms with E-state index in [1.165, 1.54) is 0 Å². The lowest BCUT2D eigenvalue weighted by molar-refractivity contribution is -0.185. The van der Waals surface area contributed by atoms with Gasteiger partial charge < -0.3 is 35.5 Å². The summed E-state index contributed by atoms with van der Waals surface area (Å²) in [7, 11) is 0. The molecular formula is C44H74N4O5. The van der Waals surface area contributed by atoms with E-state index in [1.54, 1.807) is 0 Å². The molecule has 0 aromatic heterocycles. The van der Waals surface area contributed by atoms with Gasteiger partial charge in [-0.1, -0.05) is 95.3 Å². The lowest BCUT2D eigenvalue weighted by Crippen LogP contribution is -2.54. The molecule has 3 atom stereocenters. The molecule has 4 amide bonds. The number of rotatable bonds is 21. The molecule has 0 fully saturated rings. The molecule has 3 unspecified atom stereocenters. The van der Waals surface area contributed by atoms with Gasteiger partial charge in [0.1, 0.15) is 0 Å². The summed E-state index contributed by atoms with van der Waals surface area (Å²) in [6.45, 7) is 33.8. The summed E-state index contributed by atoms with van der Waals surface area (Å²) < 4.78 is 20.0. The van der Waals surface area contributed by atoms with Gasteiger partial charge in [-0.05, 0) is 98.6 Å².